The van der Waals surface area contributed by atoms with Gasteiger partial charge in [0.2, 0.25) is 10.0 Å². The van der Waals surface area contributed by atoms with Crippen molar-refractivity contribution in [2.45, 2.75) is 30.8 Å². The second kappa shape index (κ2) is 5.75. The first-order valence-corrected chi connectivity index (χ1v) is 8.16. The lowest BCUT2D eigenvalue weighted by molar-refractivity contribution is -0.157. The summed E-state index contributed by atoms with van der Waals surface area (Å²) in [7, 11) is -3.53. The molecule has 1 aromatic carbocycles. The van der Waals surface area contributed by atoms with E-state index in [-0.39, 0.29) is 18.0 Å². The van der Waals surface area contributed by atoms with Crippen molar-refractivity contribution in [2.75, 3.05) is 19.7 Å². The zero-order valence-electron chi connectivity index (χ0n) is 12.1. The van der Waals surface area contributed by atoms with E-state index in [4.69, 9.17) is 9.84 Å². The largest absolute Gasteiger partial charge is 0.480 e. The van der Waals surface area contributed by atoms with Gasteiger partial charge >= 0.3 is 5.97 Å². The van der Waals surface area contributed by atoms with Gasteiger partial charge in [-0.15, -0.1) is 0 Å². The summed E-state index contributed by atoms with van der Waals surface area (Å²) in [6.45, 7) is 3.62. The van der Waals surface area contributed by atoms with Gasteiger partial charge in [0.05, 0.1) is 10.5 Å². The van der Waals surface area contributed by atoms with Crippen LogP contribution in [0.1, 0.15) is 19.4 Å². The molecule has 21 heavy (non-hydrogen) atoms. The number of hydrogen-bond acceptors (Lipinski definition) is 4. The summed E-state index contributed by atoms with van der Waals surface area (Å²) < 4.78 is 31.3. The van der Waals surface area contributed by atoms with Crippen LogP contribution in [0, 0.1) is 0 Å². The maximum Gasteiger partial charge on any atom is 0.329 e. The van der Waals surface area contributed by atoms with E-state index in [0.717, 1.165) is 12.0 Å². The van der Waals surface area contributed by atoms with E-state index in [2.05, 4.69) is 0 Å². The smallest absolute Gasteiger partial charge is 0.329 e. The summed E-state index contributed by atoms with van der Waals surface area (Å²) in [6, 6.07) is 6.80. The summed E-state index contributed by atoms with van der Waals surface area (Å²) in [5.74, 6) is -1.06. The van der Waals surface area contributed by atoms with Crippen molar-refractivity contribution in [1.29, 1.82) is 0 Å². The lowest BCUT2D eigenvalue weighted by atomic mass is 10.0. The fourth-order valence-electron chi connectivity index (χ4n) is 2.24. The molecule has 2 rings (SSSR count). The van der Waals surface area contributed by atoms with Crippen LogP contribution in [0.15, 0.2) is 29.2 Å². The summed E-state index contributed by atoms with van der Waals surface area (Å²) in [4.78, 5) is 10.7. The van der Waals surface area contributed by atoms with Crippen molar-refractivity contribution in [3.63, 3.8) is 0 Å². The molecule has 7 heteroatoms. The van der Waals surface area contributed by atoms with Gasteiger partial charge in [-0.2, -0.15) is 4.31 Å². The molecule has 116 valence electrons. The van der Waals surface area contributed by atoms with Crippen LogP contribution in [0.2, 0.25) is 0 Å². The molecule has 1 N–H and O–H groups in total. The third kappa shape index (κ3) is 3.42. The zero-order valence-corrected chi connectivity index (χ0v) is 12.9. The predicted molar refractivity (Wildman–Crippen MR) is 76.6 cm³/mol. The highest BCUT2D eigenvalue weighted by Crippen LogP contribution is 2.30. The maximum absolute atomic E-state index is 12.4. The van der Waals surface area contributed by atoms with Crippen LogP contribution in [0.25, 0.3) is 0 Å². The minimum Gasteiger partial charge on any atom is -0.480 e. The van der Waals surface area contributed by atoms with E-state index in [0.29, 0.717) is 0 Å². The number of aryl methyl sites for hydroxylation is 1. The molecule has 1 aliphatic rings. The molecular formula is C14H19NO5S. The van der Waals surface area contributed by atoms with Crippen molar-refractivity contribution in [2.24, 2.45) is 0 Å². The minimum atomic E-state index is -3.53. The van der Waals surface area contributed by atoms with E-state index in [1.807, 2.05) is 6.92 Å². The SMILES string of the molecule is CCc1ccc(S(=O)(=O)N2CC(C)(OCC(=O)O)C2)cc1. The van der Waals surface area contributed by atoms with Gasteiger partial charge in [-0.1, -0.05) is 19.1 Å². The third-order valence-corrected chi connectivity index (χ3v) is 5.34. The van der Waals surface area contributed by atoms with Gasteiger partial charge in [0, 0.05) is 13.1 Å². The fourth-order valence-corrected chi connectivity index (χ4v) is 3.91. The second-order valence-corrected chi connectivity index (χ2v) is 7.34. The molecule has 0 unspecified atom stereocenters. The van der Waals surface area contributed by atoms with Crippen molar-refractivity contribution in [1.82, 2.24) is 4.31 Å². The van der Waals surface area contributed by atoms with Crippen LogP contribution in [0.4, 0.5) is 0 Å². The number of hydrogen-bond donors (Lipinski definition) is 1. The molecule has 6 nitrogen and oxygen atoms in total. The minimum absolute atomic E-state index is 0.165. The Hall–Kier alpha value is -1.44. The van der Waals surface area contributed by atoms with Gasteiger partial charge in [-0.05, 0) is 31.0 Å². The van der Waals surface area contributed by atoms with E-state index < -0.39 is 28.2 Å². The number of carboxylic acids is 1. The number of carbonyl (C=O) groups is 1. The Labute approximate surface area is 124 Å². The summed E-state index contributed by atoms with van der Waals surface area (Å²) in [6.07, 6.45) is 0.852. The van der Waals surface area contributed by atoms with Gasteiger partial charge in [0.1, 0.15) is 6.61 Å². The molecule has 1 aromatic rings. The van der Waals surface area contributed by atoms with Crippen LogP contribution < -0.4 is 0 Å². The first-order valence-electron chi connectivity index (χ1n) is 6.72. The number of rotatable bonds is 6. The standard InChI is InChI=1S/C14H19NO5S/c1-3-11-4-6-12(7-5-11)21(18,19)15-9-14(2,10-15)20-8-13(16)17/h4-7H,3,8-10H2,1-2H3,(H,16,17). The van der Waals surface area contributed by atoms with Crippen molar-refractivity contribution in [3.05, 3.63) is 29.8 Å². The molecule has 0 atom stereocenters. The quantitative estimate of drug-likeness (QED) is 0.850. The van der Waals surface area contributed by atoms with Crippen molar-refractivity contribution in [3.8, 4) is 0 Å². The molecule has 1 heterocycles. The number of carboxylic acid groups (broad SMARTS) is 1. The molecule has 1 fully saturated rings. The summed E-state index contributed by atoms with van der Waals surface area (Å²) >= 11 is 0. The Morgan fingerprint density at radius 3 is 2.38 bits per heavy atom. The van der Waals surface area contributed by atoms with Crippen molar-refractivity contribution >= 4 is 16.0 Å². The molecule has 0 aliphatic carbocycles. The number of ether oxygens (including phenoxy) is 1. The first-order chi connectivity index (χ1) is 9.77. The highest BCUT2D eigenvalue weighted by Gasteiger charge is 2.46. The van der Waals surface area contributed by atoms with E-state index in [9.17, 15) is 13.2 Å². The molecule has 0 radical (unpaired) electrons. The van der Waals surface area contributed by atoms with Crippen LogP contribution >= 0.6 is 0 Å². The predicted octanol–water partition coefficient (Wildman–Crippen LogP) is 1.11. The Kier molecular flexibility index (Phi) is 4.36. The van der Waals surface area contributed by atoms with Crippen LogP contribution in [-0.4, -0.2) is 49.1 Å². The Morgan fingerprint density at radius 1 is 1.33 bits per heavy atom. The van der Waals surface area contributed by atoms with E-state index in [1.165, 1.54) is 4.31 Å². The average Bonchev–Trinajstić information content (AvgIpc) is 2.42. The molecule has 0 amide bonds. The van der Waals surface area contributed by atoms with Gasteiger partial charge in [-0.3, -0.25) is 0 Å². The van der Waals surface area contributed by atoms with E-state index in [1.54, 1.807) is 31.2 Å². The highest BCUT2D eigenvalue weighted by atomic mass is 32.2. The van der Waals surface area contributed by atoms with Crippen LogP contribution in [-0.2, 0) is 26.0 Å². The number of nitrogens with zero attached hydrogens (tertiary/aromatic N) is 1. The number of benzene rings is 1. The van der Waals surface area contributed by atoms with Gasteiger partial charge in [0.25, 0.3) is 0 Å². The maximum atomic E-state index is 12.4. The molecule has 1 saturated heterocycles. The average molecular weight is 313 g/mol. The van der Waals surface area contributed by atoms with Gasteiger partial charge in [0.15, 0.2) is 0 Å². The van der Waals surface area contributed by atoms with Gasteiger partial charge in [-0.25, -0.2) is 13.2 Å². The fraction of sp³-hybridized carbons (Fsp3) is 0.500. The number of aliphatic carboxylic acids is 1. The Bertz CT molecular complexity index is 617. The third-order valence-electron chi connectivity index (χ3n) is 3.54. The Balaban J connectivity index is 2.04. The van der Waals surface area contributed by atoms with Crippen LogP contribution in [0.5, 0.6) is 0 Å². The van der Waals surface area contributed by atoms with E-state index >= 15 is 0 Å². The normalized spacial score (nSPS) is 18.2. The molecule has 1 aliphatic heterocycles. The lowest BCUT2D eigenvalue weighted by Gasteiger charge is -2.46. The number of sulfonamides is 1. The molecule has 0 saturated carbocycles. The van der Waals surface area contributed by atoms with Gasteiger partial charge < -0.3 is 9.84 Å². The Morgan fingerprint density at radius 2 is 1.90 bits per heavy atom. The highest BCUT2D eigenvalue weighted by molar-refractivity contribution is 7.89. The van der Waals surface area contributed by atoms with Crippen molar-refractivity contribution < 1.29 is 23.1 Å². The monoisotopic (exact) mass is 313 g/mol. The lowest BCUT2D eigenvalue weighted by Crippen LogP contribution is -2.63. The topological polar surface area (TPSA) is 83.9 Å². The second-order valence-electron chi connectivity index (χ2n) is 5.40. The molecule has 0 aromatic heterocycles. The zero-order chi connectivity index (χ0) is 15.7. The van der Waals surface area contributed by atoms with Crippen LogP contribution in [0.3, 0.4) is 0 Å². The first kappa shape index (κ1) is 15.9. The summed E-state index contributed by atoms with van der Waals surface area (Å²) in [5.41, 5.74) is 0.349. The summed E-state index contributed by atoms with van der Waals surface area (Å²) in [5, 5.41) is 8.59. The molecule has 0 bridgehead atoms. The molecular weight excluding hydrogens is 294 g/mol. The molecule has 0 spiro atoms.